The minimum atomic E-state index is -0.626. The van der Waals surface area contributed by atoms with Crippen molar-refractivity contribution in [1.82, 2.24) is 15.7 Å². The van der Waals surface area contributed by atoms with Crippen LogP contribution in [-0.2, 0) is 14.3 Å². The highest BCUT2D eigenvalue weighted by atomic mass is 16.5. The Balaban J connectivity index is 1.54. The summed E-state index contributed by atoms with van der Waals surface area (Å²) in [5.74, 6) is -1.14. The summed E-state index contributed by atoms with van der Waals surface area (Å²) in [6.07, 6.45) is 5.56. The molecule has 7 heteroatoms. The summed E-state index contributed by atoms with van der Waals surface area (Å²) >= 11 is 0. The SMILES string of the molecule is COCC1CC(c2ccccc2)=CCN1C(=O)C1NCC2(CC2)CC1C(=O)NO. The van der Waals surface area contributed by atoms with Crippen molar-refractivity contribution in [3.63, 3.8) is 0 Å². The molecule has 156 valence electrons. The smallest absolute Gasteiger partial charge is 0.248 e. The molecule has 7 nitrogen and oxygen atoms in total. The van der Waals surface area contributed by atoms with Gasteiger partial charge in [-0.3, -0.25) is 14.8 Å². The standard InChI is InChI=1S/C22H29N3O4/c1-29-13-17-11-16(15-5-3-2-4-6-15)7-10-25(17)21(27)19-18(20(26)24-28)12-22(8-9-22)14-23-19/h2-7,17-19,23,28H,8-14H2,1H3,(H,24,26). The Labute approximate surface area is 171 Å². The number of carbonyl (C=O) groups is 2. The van der Waals surface area contributed by atoms with E-state index in [1.807, 2.05) is 23.1 Å². The van der Waals surface area contributed by atoms with Crippen LogP contribution in [0.5, 0.6) is 0 Å². The van der Waals surface area contributed by atoms with Crippen LogP contribution in [-0.4, -0.2) is 60.8 Å². The molecule has 1 saturated heterocycles. The maximum absolute atomic E-state index is 13.5. The maximum atomic E-state index is 13.5. The van der Waals surface area contributed by atoms with Gasteiger partial charge in [-0.1, -0.05) is 36.4 Å². The van der Waals surface area contributed by atoms with Gasteiger partial charge in [0, 0.05) is 20.2 Å². The lowest BCUT2D eigenvalue weighted by Gasteiger charge is -2.41. The number of hydrogen-bond donors (Lipinski definition) is 3. The first kappa shape index (κ1) is 20.1. The zero-order chi connectivity index (χ0) is 20.4. The van der Waals surface area contributed by atoms with Gasteiger partial charge in [-0.25, -0.2) is 5.48 Å². The first-order chi connectivity index (χ1) is 14.1. The van der Waals surface area contributed by atoms with E-state index in [-0.39, 0.29) is 17.4 Å². The third-order valence-corrected chi connectivity index (χ3v) is 6.64. The van der Waals surface area contributed by atoms with E-state index >= 15 is 0 Å². The van der Waals surface area contributed by atoms with Crippen LogP contribution in [0, 0.1) is 11.3 Å². The Morgan fingerprint density at radius 1 is 1.31 bits per heavy atom. The molecule has 1 aliphatic carbocycles. The molecule has 0 bridgehead atoms. The summed E-state index contributed by atoms with van der Waals surface area (Å²) in [6, 6.07) is 9.44. The van der Waals surface area contributed by atoms with Crippen LogP contribution >= 0.6 is 0 Å². The second-order valence-electron chi connectivity index (χ2n) is 8.54. The van der Waals surface area contributed by atoms with E-state index in [1.165, 1.54) is 5.57 Å². The van der Waals surface area contributed by atoms with Gasteiger partial charge in [-0.05, 0) is 42.2 Å². The molecule has 2 aliphatic heterocycles. The number of methoxy groups -OCH3 is 1. The molecule has 3 aliphatic rings. The minimum Gasteiger partial charge on any atom is -0.383 e. The van der Waals surface area contributed by atoms with Crippen LogP contribution in [0.4, 0.5) is 0 Å². The van der Waals surface area contributed by atoms with E-state index < -0.39 is 17.9 Å². The summed E-state index contributed by atoms with van der Waals surface area (Å²) in [6.45, 7) is 1.66. The summed E-state index contributed by atoms with van der Waals surface area (Å²) in [4.78, 5) is 27.6. The Kier molecular flexibility index (Phi) is 5.72. The van der Waals surface area contributed by atoms with Gasteiger partial charge in [0.15, 0.2) is 0 Å². The van der Waals surface area contributed by atoms with Crippen molar-refractivity contribution in [2.45, 2.75) is 37.8 Å². The van der Waals surface area contributed by atoms with Crippen molar-refractivity contribution < 1.29 is 19.5 Å². The fourth-order valence-electron chi connectivity index (χ4n) is 4.75. The molecule has 0 radical (unpaired) electrons. The summed E-state index contributed by atoms with van der Waals surface area (Å²) in [7, 11) is 1.64. The molecule has 1 saturated carbocycles. The Bertz CT molecular complexity index is 791. The largest absolute Gasteiger partial charge is 0.383 e. The molecule has 2 amide bonds. The predicted molar refractivity (Wildman–Crippen MR) is 108 cm³/mol. The lowest BCUT2D eigenvalue weighted by Crippen LogP contribution is -2.61. The molecule has 4 rings (SSSR count). The van der Waals surface area contributed by atoms with Crippen molar-refractivity contribution in [2.24, 2.45) is 11.3 Å². The molecule has 29 heavy (non-hydrogen) atoms. The Morgan fingerprint density at radius 2 is 2.07 bits per heavy atom. The van der Waals surface area contributed by atoms with E-state index in [1.54, 1.807) is 12.6 Å². The number of nitrogens with zero attached hydrogens (tertiary/aromatic N) is 1. The van der Waals surface area contributed by atoms with E-state index in [2.05, 4.69) is 23.5 Å². The highest BCUT2D eigenvalue weighted by Crippen LogP contribution is 2.52. The molecule has 1 aromatic rings. The first-order valence-electron chi connectivity index (χ1n) is 10.3. The van der Waals surface area contributed by atoms with Crippen molar-refractivity contribution in [3.8, 4) is 0 Å². The topological polar surface area (TPSA) is 90.9 Å². The molecule has 3 unspecified atom stereocenters. The maximum Gasteiger partial charge on any atom is 0.248 e. The highest BCUT2D eigenvalue weighted by molar-refractivity contribution is 5.91. The van der Waals surface area contributed by atoms with Crippen LogP contribution in [0.1, 0.15) is 31.2 Å². The minimum absolute atomic E-state index is 0.0934. The zero-order valence-electron chi connectivity index (χ0n) is 16.8. The second kappa shape index (κ2) is 8.26. The fraction of sp³-hybridized carbons (Fsp3) is 0.545. The van der Waals surface area contributed by atoms with Gasteiger partial charge < -0.3 is 15.0 Å². The predicted octanol–water partition coefficient (Wildman–Crippen LogP) is 1.58. The van der Waals surface area contributed by atoms with Crippen LogP contribution < -0.4 is 10.8 Å². The molecule has 0 aromatic heterocycles. The number of amides is 2. The summed E-state index contributed by atoms with van der Waals surface area (Å²) < 4.78 is 5.41. The number of rotatable bonds is 5. The Hall–Kier alpha value is -2.22. The number of hydrogen-bond acceptors (Lipinski definition) is 5. The number of piperidine rings is 1. The number of hydroxylamine groups is 1. The second-order valence-corrected chi connectivity index (χ2v) is 8.54. The van der Waals surface area contributed by atoms with Crippen LogP contribution in [0.2, 0.25) is 0 Å². The van der Waals surface area contributed by atoms with Gasteiger partial charge in [0.1, 0.15) is 0 Å². The van der Waals surface area contributed by atoms with Gasteiger partial charge in [0.25, 0.3) is 0 Å². The number of nitrogens with one attached hydrogen (secondary N) is 2. The van der Waals surface area contributed by atoms with E-state index in [4.69, 9.17) is 4.74 Å². The normalized spacial score (nSPS) is 28.0. The molecule has 3 atom stereocenters. The van der Waals surface area contributed by atoms with Gasteiger partial charge in [-0.2, -0.15) is 0 Å². The average molecular weight is 399 g/mol. The highest BCUT2D eigenvalue weighted by Gasteiger charge is 2.53. The van der Waals surface area contributed by atoms with Gasteiger partial charge in [0.05, 0.1) is 24.6 Å². The monoisotopic (exact) mass is 399 g/mol. The number of carbonyl (C=O) groups excluding carboxylic acids is 2. The Morgan fingerprint density at radius 3 is 2.72 bits per heavy atom. The first-order valence-corrected chi connectivity index (χ1v) is 10.3. The van der Waals surface area contributed by atoms with Crippen molar-refractivity contribution in [1.29, 1.82) is 0 Å². The van der Waals surface area contributed by atoms with Crippen molar-refractivity contribution >= 4 is 17.4 Å². The zero-order valence-corrected chi connectivity index (χ0v) is 16.8. The van der Waals surface area contributed by atoms with Crippen molar-refractivity contribution in [3.05, 3.63) is 42.0 Å². The molecule has 3 N–H and O–H groups in total. The fourth-order valence-corrected chi connectivity index (χ4v) is 4.75. The van der Waals surface area contributed by atoms with E-state index in [0.29, 0.717) is 26.0 Å². The molecule has 2 fully saturated rings. The van der Waals surface area contributed by atoms with Crippen molar-refractivity contribution in [2.75, 3.05) is 26.8 Å². The summed E-state index contributed by atoms with van der Waals surface area (Å²) in [5.41, 5.74) is 4.24. The lowest BCUT2D eigenvalue weighted by atomic mass is 9.81. The van der Waals surface area contributed by atoms with Gasteiger partial charge in [0.2, 0.25) is 11.8 Å². The average Bonchev–Trinajstić information content (AvgIpc) is 3.52. The third-order valence-electron chi connectivity index (χ3n) is 6.64. The lowest BCUT2D eigenvalue weighted by molar-refractivity contribution is -0.146. The van der Waals surface area contributed by atoms with Gasteiger partial charge >= 0.3 is 0 Å². The number of ether oxygens (including phenoxy) is 1. The molecule has 1 aromatic carbocycles. The molecule has 2 heterocycles. The van der Waals surface area contributed by atoms with E-state index in [9.17, 15) is 14.8 Å². The van der Waals surface area contributed by atoms with Crippen LogP contribution in [0.3, 0.4) is 0 Å². The third kappa shape index (κ3) is 4.08. The summed E-state index contributed by atoms with van der Waals surface area (Å²) in [5, 5.41) is 12.5. The number of benzene rings is 1. The van der Waals surface area contributed by atoms with Crippen LogP contribution in [0.25, 0.3) is 5.57 Å². The quantitative estimate of drug-likeness (QED) is 0.517. The van der Waals surface area contributed by atoms with E-state index in [0.717, 1.165) is 24.9 Å². The molecular formula is C22H29N3O4. The molecule has 1 spiro atoms. The van der Waals surface area contributed by atoms with Gasteiger partial charge in [-0.15, -0.1) is 0 Å². The van der Waals surface area contributed by atoms with Crippen LogP contribution in [0.15, 0.2) is 36.4 Å². The molecular weight excluding hydrogens is 370 g/mol.